The summed E-state index contributed by atoms with van der Waals surface area (Å²) < 4.78 is 6.58. The Morgan fingerprint density at radius 1 is 1.37 bits per heavy atom. The normalized spacial score (nSPS) is 20.6. The van der Waals surface area contributed by atoms with Crippen LogP contribution in [0, 0.1) is 0 Å². The van der Waals surface area contributed by atoms with Gasteiger partial charge in [-0.2, -0.15) is 10.1 Å². The van der Waals surface area contributed by atoms with Crippen LogP contribution in [-0.2, 0) is 13.1 Å². The third-order valence-corrected chi connectivity index (χ3v) is 4.98. The minimum Gasteiger partial charge on any atom is -0.389 e. The van der Waals surface area contributed by atoms with Crippen molar-refractivity contribution in [2.24, 2.45) is 0 Å². The number of carbonyl (C=O) groups excluding carboxylic acids is 2. The van der Waals surface area contributed by atoms with Gasteiger partial charge in [-0.15, -0.1) is 0 Å². The summed E-state index contributed by atoms with van der Waals surface area (Å²) in [5, 5.41) is 23.2. The Labute approximate surface area is 155 Å². The second-order valence-corrected chi connectivity index (χ2v) is 7.02. The van der Waals surface area contributed by atoms with E-state index in [0.29, 0.717) is 17.6 Å². The van der Waals surface area contributed by atoms with Crippen LogP contribution in [0.4, 0.5) is 0 Å². The van der Waals surface area contributed by atoms with E-state index < -0.39 is 12.0 Å². The molecule has 2 aliphatic rings. The first-order valence-corrected chi connectivity index (χ1v) is 9.25. The molecule has 2 aromatic rings. The quantitative estimate of drug-likeness (QED) is 0.702. The number of aliphatic hydroxyl groups excluding tert-OH is 1. The standard InChI is InChI=1S/C17H22N6O4/c24-11-7-18-17(26)13-6-12(21-23(13)9-11)16(25)19-8-14-20-15(22-27-14)10-4-2-1-3-5-10/h6,10-11,24H,1-5,7-9H2,(H,18,26)(H,19,25). The molecular formula is C17H22N6O4. The van der Waals surface area contributed by atoms with E-state index in [2.05, 4.69) is 25.9 Å². The molecule has 2 aromatic heterocycles. The molecule has 1 atom stereocenters. The van der Waals surface area contributed by atoms with Crippen molar-refractivity contribution in [3.8, 4) is 0 Å². The average Bonchev–Trinajstić information content (AvgIpc) is 3.30. The van der Waals surface area contributed by atoms with Gasteiger partial charge in [0.1, 0.15) is 5.69 Å². The fourth-order valence-electron chi connectivity index (χ4n) is 3.53. The van der Waals surface area contributed by atoms with Gasteiger partial charge in [-0.05, 0) is 12.8 Å². The van der Waals surface area contributed by atoms with E-state index in [-0.39, 0.29) is 36.9 Å². The molecule has 144 valence electrons. The van der Waals surface area contributed by atoms with E-state index in [0.717, 1.165) is 12.8 Å². The number of nitrogens with zero attached hydrogens (tertiary/aromatic N) is 4. The summed E-state index contributed by atoms with van der Waals surface area (Å²) in [6, 6.07) is 1.41. The molecule has 0 spiro atoms. The summed E-state index contributed by atoms with van der Waals surface area (Å²) in [5.41, 5.74) is 0.343. The molecule has 0 saturated heterocycles. The van der Waals surface area contributed by atoms with Crippen LogP contribution in [0.5, 0.6) is 0 Å². The molecule has 3 heterocycles. The van der Waals surface area contributed by atoms with Gasteiger partial charge in [0.05, 0.1) is 19.2 Å². The van der Waals surface area contributed by atoms with Crippen molar-refractivity contribution in [1.29, 1.82) is 0 Å². The van der Waals surface area contributed by atoms with E-state index in [1.807, 2.05) is 0 Å². The molecule has 10 heteroatoms. The monoisotopic (exact) mass is 374 g/mol. The zero-order valence-corrected chi connectivity index (χ0v) is 14.8. The van der Waals surface area contributed by atoms with E-state index in [1.165, 1.54) is 30.0 Å². The molecule has 2 amide bonds. The molecule has 27 heavy (non-hydrogen) atoms. The first-order chi connectivity index (χ1) is 13.1. The summed E-state index contributed by atoms with van der Waals surface area (Å²) in [7, 11) is 0. The molecule has 3 N–H and O–H groups in total. The highest BCUT2D eigenvalue weighted by atomic mass is 16.5. The van der Waals surface area contributed by atoms with Crippen molar-refractivity contribution in [3.63, 3.8) is 0 Å². The third kappa shape index (κ3) is 3.85. The third-order valence-electron chi connectivity index (χ3n) is 4.98. The zero-order valence-electron chi connectivity index (χ0n) is 14.8. The van der Waals surface area contributed by atoms with Crippen LogP contribution >= 0.6 is 0 Å². The smallest absolute Gasteiger partial charge is 0.272 e. The van der Waals surface area contributed by atoms with Gasteiger partial charge < -0.3 is 20.3 Å². The summed E-state index contributed by atoms with van der Waals surface area (Å²) in [5.74, 6) is 0.569. The summed E-state index contributed by atoms with van der Waals surface area (Å²) >= 11 is 0. The van der Waals surface area contributed by atoms with E-state index in [4.69, 9.17) is 4.52 Å². The van der Waals surface area contributed by atoms with E-state index >= 15 is 0 Å². The maximum Gasteiger partial charge on any atom is 0.272 e. The predicted molar refractivity (Wildman–Crippen MR) is 91.9 cm³/mol. The van der Waals surface area contributed by atoms with Gasteiger partial charge in [0.25, 0.3) is 11.8 Å². The minimum absolute atomic E-state index is 0.0928. The van der Waals surface area contributed by atoms with E-state index in [9.17, 15) is 14.7 Å². The Balaban J connectivity index is 1.39. The van der Waals surface area contributed by atoms with Crippen LogP contribution in [0.3, 0.4) is 0 Å². The van der Waals surface area contributed by atoms with Crippen molar-refractivity contribution < 1.29 is 19.2 Å². The number of carbonyl (C=O) groups is 2. The zero-order chi connectivity index (χ0) is 18.8. The van der Waals surface area contributed by atoms with Gasteiger partial charge in [0.2, 0.25) is 5.89 Å². The van der Waals surface area contributed by atoms with Gasteiger partial charge in [-0.3, -0.25) is 14.3 Å². The molecule has 0 aromatic carbocycles. The largest absolute Gasteiger partial charge is 0.389 e. The molecule has 1 saturated carbocycles. The second kappa shape index (κ2) is 7.47. The lowest BCUT2D eigenvalue weighted by atomic mass is 9.89. The Kier molecular flexibility index (Phi) is 4.88. The Morgan fingerprint density at radius 2 is 2.19 bits per heavy atom. The highest BCUT2D eigenvalue weighted by Gasteiger charge is 2.25. The number of hydrogen-bond donors (Lipinski definition) is 3. The molecule has 4 rings (SSSR count). The maximum absolute atomic E-state index is 12.3. The number of aromatic nitrogens is 4. The highest BCUT2D eigenvalue weighted by molar-refractivity contribution is 5.98. The predicted octanol–water partition coefficient (Wildman–Crippen LogP) is 0.348. The van der Waals surface area contributed by atoms with Crippen molar-refractivity contribution in [3.05, 3.63) is 29.2 Å². The fourth-order valence-corrected chi connectivity index (χ4v) is 3.53. The number of hydrogen-bond acceptors (Lipinski definition) is 7. The summed E-state index contributed by atoms with van der Waals surface area (Å²) in [6.45, 7) is 0.398. The van der Waals surface area contributed by atoms with Gasteiger partial charge in [0, 0.05) is 18.5 Å². The summed E-state index contributed by atoms with van der Waals surface area (Å²) in [4.78, 5) is 28.7. The van der Waals surface area contributed by atoms with Crippen molar-refractivity contribution >= 4 is 11.8 Å². The maximum atomic E-state index is 12.3. The molecular weight excluding hydrogens is 352 g/mol. The van der Waals surface area contributed by atoms with Gasteiger partial charge in [-0.1, -0.05) is 24.4 Å². The van der Waals surface area contributed by atoms with Gasteiger partial charge in [-0.25, -0.2) is 0 Å². The van der Waals surface area contributed by atoms with Crippen LogP contribution < -0.4 is 10.6 Å². The van der Waals surface area contributed by atoms with Crippen molar-refractivity contribution in [2.45, 2.75) is 57.2 Å². The van der Waals surface area contributed by atoms with E-state index in [1.54, 1.807) is 0 Å². The number of β-amino-alcohol motifs (C(OH)–C–C–N with tert-alkyl or cyclic N) is 1. The average molecular weight is 374 g/mol. The first kappa shape index (κ1) is 17.7. The Bertz CT molecular complexity index is 838. The highest BCUT2D eigenvalue weighted by Crippen LogP contribution is 2.30. The molecule has 1 aliphatic carbocycles. The van der Waals surface area contributed by atoms with Crippen LogP contribution in [0.2, 0.25) is 0 Å². The second-order valence-electron chi connectivity index (χ2n) is 7.02. The molecule has 1 fully saturated rings. The number of rotatable bonds is 4. The van der Waals surface area contributed by atoms with Gasteiger partial charge in [0.15, 0.2) is 11.5 Å². The fraction of sp³-hybridized carbons (Fsp3) is 0.588. The molecule has 1 unspecified atom stereocenters. The van der Waals surface area contributed by atoms with Crippen molar-refractivity contribution in [2.75, 3.05) is 6.54 Å². The molecule has 1 aliphatic heterocycles. The lowest BCUT2D eigenvalue weighted by Crippen LogP contribution is -2.30. The van der Waals surface area contributed by atoms with Crippen LogP contribution in [0.25, 0.3) is 0 Å². The number of amides is 2. The first-order valence-electron chi connectivity index (χ1n) is 9.25. The van der Waals surface area contributed by atoms with Crippen LogP contribution in [0.1, 0.15) is 70.7 Å². The number of fused-ring (bicyclic) bond motifs is 1. The Hall–Kier alpha value is -2.75. The summed E-state index contributed by atoms with van der Waals surface area (Å²) in [6.07, 6.45) is 5.00. The molecule has 0 bridgehead atoms. The van der Waals surface area contributed by atoms with Crippen molar-refractivity contribution in [1.82, 2.24) is 30.6 Å². The lowest BCUT2D eigenvalue weighted by molar-refractivity contribution is 0.0931. The minimum atomic E-state index is -0.748. The number of nitrogens with one attached hydrogen (secondary N) is 2. The lowest BCUT2D eigenvalue weighted by Gasteiger charge is -2.17. The molecule has 0 radical (unpaired) electrons. The van der Waals surface area contributed by atoms with Gasteiger partial charge >= 0.3 is 0 Å². The molecule has 10 nitrogen and oxygen atoms in total. The van der Waals surface area contributed by atoms with Crippen LogP contribution in [0.15, 0.2) is 10.6 Å². The SMILES string of the molecule is O=C(NCc1nc(C2CCCCC2)no1)c1cc2n(n1)CC(O)CNC2=O. The topological polar surface area (TPSA) is 135 Å². The number of aliphatic hydroxyl groups is 1. The Morgan fingerprint density at radius 3 is 3.00 bits per heavy atom. The van der Waals surface area contributed by atoms with Crippen LogP contribution in [-0.4, -0.2) is 49.5 Å².